The molecule has 0 aromatic heterocycles. The molecule has 1 aromatic rings. The van der Waals surface area contributed by atoms with E-state index in [4.69, 9.17) is 4.74 Å². The molecule has 7 heteroatoms. The van der Waals surface area contributed by atoms with Gasteiger partial charge < -0.3 is 15.4 Å². The van der Waals surface area contributed by atoms with Crippen LogP contribution in [0.15, 0.2) is 18.2 Å². The molecule has 0 bridgehead atoms. The molecule has 0 unspecified atom stereocenters. The van der Waals surface area contributed by atoms with E-state index in [0.29, 0.717) is 19.6 Å². The van der Waals surface area contributed by atoms with Gasteiger partial charge in [-0.15, -0.1) is 0 Å². The quantitative estimate of drug-likeness (QED) is 0.708. The topological polar surface area (TPSA) is 70.7 Å². The molecule has 128 valence electrons. The van der Waals surface area contributed by atoms with Crippen LogP contribution in [-0.4, -0.2) is 50.0 Å². The van der Waals surface area contributed by atoms with Crippen LogP contribution in [0.1, 0.15) is 19.4 Å². The number of carbonyl (C=O) groups excluding carboxylic acids is 2. The molecule has 0 aliphatic carbocycles. The fourth-order valence-corrected chi connectivity index (χ4v) is 2.04. The van der Waals surface area contributed by atoms with Crippen molar-refractivity contribution in [2.75, 3.05) is 33.3 Å². The number of likely N-dealkylation sites (N-methyl/N-ethyl adjacent to an activating group) is 2. The first-order valence-electron chi connectivity index (χ1n) is 7.58. The highest BCUT2D eigenvalue weighted by molar-refractivity contribution is 5.85. The lowest BCUT2D eigenvalue weighted by atomic mass is 10.2. The van der Waals surface area contributed by atoms with Crippen LogP contribution < -0.4 is 15.4 Å². The minimum Gasteiger partial charge on any atom is -0.494 e. The van der Waals surface area contributed by atoms with Crippen LogP contribution in [0.4, 0.5) is 4.39 Å². The summed E-state index contributed by atoms with van der Waals surface area (Å²) in [5.41, 5.74) is 0.752. The maximum atomic E-state index is 13.7. The minimum atomic E-state index is -0.429. The monoisotopic (exact) mass is 325 g/mol. The highest BCUT2D eigenvalue weighted by Crippen LogP contribution is 2.18. The van der Waals surface area contributed by atoms with Gasteiger partial charge in [0, 0.05) is 13.1 Å². The molecule has 2 amide bonds. The molecule has 1 rings (SSSR count). The molecule has 0 atom stereocenters. The first-order valence-corrected chi connectivity index (χ1v) is 7.58. The number of hydrogen-bond acceptors (Lipinski definition) is 4. The van der Waals surface area contributed by atoms with Crippen LogP contribution in [0.3, 0.4) is 0 Å². The van der Waals surface area contributed by atoms with E-state index in [9.17, 15) is 14.0 Å². The lowest BCUT2D eigenvalue weighted by molar-refractivity contribution is -0.126. The average molecular weight is 325 g/mol. The summed E-state index contributed by atoms with van der Waals surface area (Å²) in [7, 11) is 1.41. The maximum absolute atomic E-state index is 13.7. The SMILES string of the molecule is CCNC(=O)CNC(=O)CN(CC)Cc1ccc(OC)c(F)c1. The molecule has 2 N–H and O–H groups in total. The van der Waals surface area contributed by atoms with Gasteiger partial charge in [0.1, 0.15) is 0 Å². The zero-order chi connectivity index (χ0) is 17.2. The third-order valence-corrected chi connectivity index (χ3v) is 3.26. The predicted molar refractivity (Wildman–Crippen MR) is 85.6 cm³/mol. The molecule has 0 heterocycles. The van der Waals surface area contributed by atoms with Gasteiger partial charge in [-0.2, -0.15) is 0 Å². The summed E-state index contributed by atoms with van der Waals surface area (Å²) >= 11 is 0. The van der Waals surface area contributed by atoms with Crippen LogP contribution in [0.5, 0.6) is 5.75 Å². The number of halogens is 1. The van der Waals surface area contributed by atoms with Gasteiger partial charge in [0.25, 0.3) is 0 Å². The van der Waals surface area contributed by atoms with Crippen LogP contribution in [0.2, 0.25) is 0 Å². The van der Waals surface area contributed by atoms with Crippen LogP contribution in [0.25, 0.3) is 0 Å². The summed E-state index contributed by atoms with van der Waals surface area (Å²) in [5, 5.41) is 5.16. The highest BCUT2D eigenvalue weighted by Gasteiger charge is 2.12. The molecule has 0 radical (unpaired) electrons. The van der Waals surface area contributed by atoms with Gasteiger partial charge >= 0.3 is 0 Å². The average Bonchev–Trinajstić information content (AvgIpc) is 2.53. The van der Waals surface area contributed by atoms with Gasteiger partial charge in [0.2, 0.25) is 11.8 Å². The van der Waals surface area contributed by atoms with E-state index in [1.165, 1.54) is 13.2 Å². The number of ether oxygens (including phenoxy) is 1. The van der Waals surface area contributed by atoms with Crippen molar-refractivity contribution in [2.45, 2.75) is 20.4 Å². The largest absolute Gasteiger partial charge is 0.494 e. The van der Waals surface area contributed by atoms with E-state index in [1.807, 2.05) is 18.7 Å². The molecule has 0 saturated heterocycles. The van der Waals surface area contributed by atoms with Crippen LogP contribution in [-0.2, 0) is 16.1 Å². The Morgan fingerprint density at radius 1 is 1.22 bits per heavy atom. The Morgan fingerprint density at radius 2 is 1.96 bits per heavy atom. The van der Waals surface area contributed by atoms with Crippen LogP contribution >= 0.6 is 0 Å². The second kappa shape index (κ2) is 9.78. The van der Waals surface area contributed by atoms with Crippen molar-refractivity contribution in [1.29, 1.82) is 0 Å². The van der Waals surface area contributed by atoms with Gasteiger partial charge in [-0.1, -0.05) is 13.0 Å². The Balaban J connectivity index is 2.52. The van der Waals surface area contributed by atoms with E-state index < -0.39 is 5.82 Å². The summed E-state index contributed by atoms with van der Waals surface area (Å²) < 4.78 is 18.6. The van der Waals surface area contributed by atoms with E-state index in [2.05, 4.69) is 10.6 Å². The third kappa shape index (κ3) is 6.65. The zero-order valence-electron chi connectivity index (χ0n) is 13.8. The van der Waals surface area contributed by atoms with Gasteiger partial charge in [0.05, 0.1) is 20.2 Å². The van der Waals surface area contributed by atoms with Gasteiger partial charge in [-0.05, 0) is 31.2 Å². The van der Waals surface area contributed by atoms with E-state index in [-0.39, 0.29) is 30.7 Å². The number of benzene rings is 1. The number of carbonyl (C=O) groups is 2. The minimum absolute atomic E-state index is 0.0403. The van der Waals surface area contributed by atoms with Crippen molar-refractivity contribution < 1.29 is 18.7 Å². The Kier molecular flexibility index (Phi) is 8.04. The zero-order valence-corrected chi connectivity index (χ0v) is 13.8. The lowest BCUT2D eigenvalue weighted by Gasteiger charge is -2.20. The van der Waals surface area contributed by atoms with Gasteiger partial charge in [-0.25, -0.2) is 4.39 Å². The fourth-order valence-electron chi connectivity index (χ4n) is 2.04. The molecule has 0 fully saturated rings. The summed E-state index contributed by atoms with van der Waals surface area (Å²) in [6, 6.07) is 4.72. The summed E-state index contributed by atoms with van der Waals surface area (Å²) in [4.78, 5) is 25.0. The number of nitrogens with one attached hydrogen (secondary N) is 2. The second-order valence-corrected chi connectivity index (χ2v) is 5.00. The molecule has 0 aliphatic rings. The predicted octanol–water partition coefficient (Wildman–Crippen LogP) is 0.908. The molecule has 23 heavy (non-hydrogen) atoms. The smallest absolute Gasteiger partial charge is 0.239 e. The molecule has 1 aromatic carbocycles. The molecule has 0 aliphatic heterocycles. The lowest BCUT2D eigenvalue weighted by Crippen LogP contribution is -2.41. The number of rotatable bonds is 9. The summed E-state index contributed by atoms with van der Waals surface area (Å²) in [6.45, 7) is 5.42. The van der Waals surface area contributed by atoms with Crippen molar-refractivity contribution in [1.82, 2.24) is 15.5 Å². The second-order valence-electron chi connectivity index (χ2n) is 5.00. The van der Waals surface area contributed by atoms with E-state index in [1.54, 1.807) is 12.1 Å². The normalized spacial score (nSPS) is 10.5. The Hall–Kier alpha value is -2.15. The molecular formula is C16H24FN3O3. The summed E-state index contributed by atoms with van der Waals surface area (Å²) in [6.07, 6.45) is 0. The molecule has 0 spiro atoms. The standard InChI is InChI=1S/C16H24FN3O3/c1-4-18-15(21)9-19-16(22)11-20(5-2)10-12-6-7-14(23-3)13(17)8-12/h6-8H,4-5,9-11H2,1-3H3,(H,18,21)(H,19,22). The van der Waals surface area contributed by atoms with Crippen molar-refractivity contribution >= 4 is 11.8 Å². The molecule has 6 nitrogen and oxygen atoms in total. The first kappa shape index (κ1) is 18.9. The van der Waals surface area contributed by atoms with Crippen molar-refractivity contribution in [3.63, 3.8) is 0 Å². The van der Waals surface area contributed by atoms with E-state index in [0.717, 1.165) is 5.56 Å². The van der Waals surface area contributed by atoms with Crippen molar-refractivity contribution in [3.8, 4) is 5.75 Å². The molecule has 0 saturated carbocycles. The third-order valence-electron chi connectivity index (χ3n) is 3.26. The Labute approximate surface area is 136 Å². The maximum Gasteiger partial charge on any atom is 0.239 e. The number of hydrogen-bond donors (Lipinski definition) is 2. The molecular weight excluding hydrogens is 301 g/mol. The number of amides is 2. The number of nitrogens with zero attached hydrogens (tertiary/aromatic N) is 1. The Bertz CT molecular complexity index is 537. The van der Waals surface area contributed by atoms with Gasteiger partial charge in [-0.3, -0.25) is 14.5 Å². The van der Waals surface area contributed by atoms with Crippen molar-refractivity contribution in [3.05, 3.63) is 29.6 Å². The van der Waals surface area contributed by atoms with Gasteiger partial charge in [0.15, 0.2) is 11.6 Å². The highest BCUT2D eigenvalue weighted by atomic mass is 19.1. The summed E-state index contributed by atoms with van der Waals surface area (Å²) in [5.74, 6) is -0.702. The Morgan fingerprint density at radius 3 is 2.52 bits per heavy atom. The van der Waals surface area contributed by atoms with E-state index >= 15 is 0 Å². The first-order chi connectivity index (χ1) is 11.0. The fraction of sp³-hybridized carbons (Fsp3) is 0.500. The van der Waals surface area contributed by atoms with Crippen molar-refractivity contribution in [2.24, 2.45) is 0 Å². The van der Waals surface area contributed by atoms with Crippen LogP contribution in [0, 0.1) is 5.82 Å². The number of methoxy groups -OCH3 is 1.